The fraction of sp³-hybridized carbons (Fsp3) is 0.259. The van der Waals surface area contributed by atoms with Crippen molar-refractivity contribution in [3.05, 3.63) is 94.2 Å². The lowest BCUT2D eigenvalue weighted by molar-refractivity contribution is 0.0952. The van der Waals surface area contributed by atoms with Gasteiger partial charge in [-0.1, -0.05) is 52.7 Å². The largest absolute Gasteiger partial charge is 0.497 e. The summed E-state index contributed by atoms with van der Waals surface area (Å²) in [5.41, 5.74) is 4.07. The molecule has 0 fully saturated rings. The summed E-state index contributed by atoms with van der Waals surface area (Å²) in [7, 11) is 1.60. The summed E-state index contributed by atoms with van der Waals surface area (Å²) in [5, 5.41) is 3.00. The molecule has 170 valence electrons. The molecule has 0 bridgehead atoms. The monoisotopic (exact) mass is 505 g/mol. The Hall–Kier alpha value is -3.12. The Balaban J connectivity index is 1.31. The lowest BCUT2D eigenvalue weighted by Gasteiger charge is -2.10. The number of nitrogens with one attached hydrogen (secondary N) is 1. The zero-order valence-electron chi connectivity index (χ0n) is 18.8. The van der Waals surface area contributed by atoms with Crippen LogP contribution < -0.4 is 10.1 Å². The van der Waals surface area contributed by atoms with E-state index >= 15 is 0 Å². The van der Waals surface area contributed by atoms with E-state index in [1.54, 1.807) is 19.2 Å². The van der Waals surface area contributed by atoms with Gasteiger partial charge >= 0.3 is 0 Å². The van der Waals surface area contributed by atoms with E-state index in [2.05, 4.69) is 62.2 Å². The first-order valence-corrected chi connectivity index (χ1v) is 12.0. The number of carbonyl (C=O) groups is 1. The maximum absolute atomic E-state index is 12.3. The number of carbonyl (C=O) groups excluding carboxylic acids is 1. The van der Waals surface area contributed by atoms with Crippen LogP contribution >= 0.6 is 15.9 Å². The third kappa shape index (κ3) is 6.02. The quantitative estimate of drug-likeness (QED) is 0.269. The number of benzene rings is 3. The molecule has 4 rings (SSSR count). The number of hydrogen-bond donors (Lipinski definition) is 1. The number of ether oxygens (including phenoxy) is 1. The standard InChI is InChI=1S/C27H28BrN3O2/c1-33-23-12-8-10-21(18-23)27(32)29-16-6-2-3-15-26-30-24-13-4-5-14-25(24)31(26)19-20-9-7-11-22(28)17-20/h4-5,7-14,17-18H,2-3,6,15-16,19H2,1H3,(H,29,32). The average Bonchev–Trinajstić information content (AvgIpc) is 3.18. The van der Waals surface area contributed by atoms with Crippen molar-refractivity contribution in [2.24, 2.45) is 0 Å². The molecule has 1 aromatic heterocycles. The maximum atomic E-state index is 12.3. The van der Waals surface area contributed by atoms with E-state index < -0.39 is 0 Å². The van der Waals surface area contributed by atoms with Gasteiger partial charge in [0.1, 0.15) is 11.6 Å². The minimum Gasteiger partial charge on any atom is -0.497 e. The molecule has 0 aliphatic heterocycles. The molecule has 0 saturated carbocycles. The highest BCUT2D eigenvalue weighted by atomic mass is 79.9. The molecule has 1 heterocycles. The average molecular weight is 506 g/mol. The summed E-state index contributed by atoms with van der Waals surface area (Å²) in [6.45, 7) is 1.45. The number of halogens is 1. The summed E-state index contributed by atoms with van der Waals surface area (Å²) in [6, 6.07) is 23.9. The number of amides is 1. The molecule has 4 aromatic rings. The fourth-order valence-corrected chi connectivity index (χ4v) is 4.41. The van der Waals surface area contributed by atoms with Crippen LogP contribution in [-0.4, -0.2) is 29.1 Å². The lowest BCUT2D eigenvalue weighted by Crippen LogP contribution is -2.24. The molecular formula is C27H28BrN3O2. The molecule has 0 saturated heterocycles. The maximum Gasteiger partial charge on any atom is 0.251 e. The van der Waals surface area contributed by atoms with Gasteiger partial charge in [0.2, 0.25) is 0 Å². The van der Waals surface area contributed by atoms with Crippen LogP contribution in [0.1, 0.15) is 41.0 Å². The first-order valence-electron chi connectivity index (χ1n) is 11.2. The second-order valence-electron chi connectivity index (χ2n) is 8.03. The highest BCUT2D eigenvalue weighted by Crippen LogP contribution is 2.21. The van der Waals surface area contributed by atoms with Gasteiger partial charge < -0.3 is 14.6 Å². The Bertz CT molecular complexity index is 1240. The molecule has 0 aliphatic carbocycles. The Morgan fingerprint density at radius 1 is 1.00 bits per heavy atom. The molecule has 0 atom stereocenters. The van der Waals surface area contributed by atoms with Gasteiger partial charge in [-0.2, -0.15) is 0 Å². The van der Waals surface area contributed by atoms with Crippen molar-refractivity contribution in [2.45, 2.75) is 32.2 Å². The van der Waals surface area contributed by atoms with Crippen molar-refractivity contribution in [2.75, 3.05) is 13.7 Å². The molecule has 1 amide bonds. The molecule has 33 heavy (non-hydrogen) atoms. The van der Waals surface area contributed by atoms with E-state index in [-0.39, 0.29) is 5.91 Å². The molecule has 0 radical (unpaired) electrons. The van der Waals surface area contributed by atoms with E-state index in [0.29, 0.717) is 17.9 Å². The van der Waals surface area contributed by atoms with Crippen LogP contribution in [-0.2, 0) is 13.0 Å². The number of para-hydroxylation sites is 2. The summed E-state index contributed by atoms with van der Waals surface area (Å²) in [4.78, 5) is 17.2. The zero-order valence-corrected chi connectivity index (χ0v) is 20.3. The van der Waals surface area contributed by atoms with Crippen molar-refractivity contribution in [3.8, 4) is 5.75 Å². The lowest BCUT2D eigenvalue weighted by atomic mass is 10.1. The third-order valence-corrected chi connectivity index (χ3v) is 6.15. The van der Waals surface area contributed by atoms with Crippen LogP contribution in [0.4, 0.5) is 0 Å². The number of methoxy groups -OCH3 is 1. The van der Waals surface area contributed by atoms with Crippen LogP contribution in [0.25, 0.3) is 11.0 Å². The van der Waals surface area contributed by atoms with Crippen LogP contribution in [0.3, 0.4) is 0 Å². The van der Waals surface area contributed by atoms with E-state index in [9.17, 15) is 4.79 Å². The SMILES string of the molecule is COc1cccc(C(=O)NCCCCCc2nc3ccccc3n2Cc2cccc(Br)c2)c1. The molecule has 0 aliphatic rings. The molecule has 0 spiro atoms. The molecule has 1 N–H and O–H groups in total. The molecule has 6 heteroatoms. The number of nitrogens with zero attached hydrogens (tertiary/aromatic N) is 2. The Kier molecular flexibility index (Phi) is 7.79. The van der Waals surface area contributed by atoms with Crippen LogP contribution in [0.5, 0.6) is 5.75 Å². The predicted octanol–water partition coefficient (Wildman–Crippen LogP) is 6.00. The predicted molar refractivity (Wildman–Crippen MR) is 136 cm³/mol. The molecular weight excluding hydrogens is 478 g/mol. The first kappa shape index (κ1) is 23.1. The second-order valence-corrected chi connectivity index (χ2v) is 8.95. The van der Waals surface area contributed by atoms with Crippen molar-refractivity contribution < 1.29 is 9.53 Å². The molecule has 0 unspecified atom stereocenters. The highest BCUT2D eigenvalue weighted by molar-refractivity contribution is 9.10. The molecule has 5 nitrogen and oxygen atoms in total. The van der Waals surface area contributed by atoms with Crippen molar-refractivity contribution >= 4 is 32.9 Å². The van der Waals surface area contributed by atoms with Gasteiger partial charge in [-0.05, 0) is 60.9 Å². The van der Waals surface area contributed by atoms with Gasteiger partial charge in [0.05, 0.1) is 18.1 Å². The highest BCUT2D eigenvalue weighted by Gasteiger charge is 2.11. The van der Waals surface area contributed by atoms with Crippen molar-refractivity contribution in [3.63, 3.8) is 0 Å². The Labute approximate surface area is 202 Å². The van der Waals surface area contributed by atoms with Gasteiger partial charge in [-0.25, -0.2) is 4.98 Å². The van der Waals surface area contributed by atoms with E-state index in [1.165, 1.54) is 5.56 Å². The second kappa shape index (κ2) is 11.1. The number of aryl methyl sites for hydroxylation is 1. The van der Waals surface area contributed by atoms with Gasteiger partial charge in [-0.3, -0.25) is 4.79 Å². The van der Waals surface area contributed by atoms with Crippen LogP contribution in [0.2, 0.25) is 0 Å². The molecule has 3 aromatic carbocycles. The smallest absolute Gasteiger partial charge is 0.251 e. The van der Waals surface area contributed by atoms with E-state index in [0.717, 1.165) is 53.6 Å². The number of aromatic nitrogens is 2. The van der Waals surface area contributed by atoms with Crippen LogP contribution in [0, 0.1) is 0 Å². The Morgan fingerprint density at radius 2 is 1.85 bits per heavy atom. The zero-order chi connectivity index (χ0) is 23.0. The van der Waals surface area contributed by atoms with Gasteiger partial charge in [0.15, 0.2) is 0 Å². The summed E-state index contributed by atoms with van der Waals surface area (Å²) >= 11 is 3.57. The Morgan fingerprint density at radius 3 is 2.70 bits per heavy atom. The van der Waals surface area contributed by atoms with Crippen LogP contribution in [0.15, 0.2) is 77.3 Å². The minimum absolute atomic E-state index is 0.0651. The van der Waals surface area contributed by atoms with Crippen molar-refractivity contribution in [1.82, 2.24) is 14.9 Å². The summed E-state index contributed by atoms with van der Waals surface area (Å²) in [6.07, 6.45) is 3.89. The van der Waals surface area contributed by atoms with E-state index in [4.69, 9.17) is 9.72 Å². The summed E-state index contributed by atoms with van der Waals surface area (Å²) < 4.78 is 8.60. The minimum atomic E-state index is -0.0651. The first-order chi connectivity index (χ1) is 16.1. The number of hydrogen-bond acceptors (Lipinski definition) is 3. The number of unbranched alkanes of at least 4 members (excludes halogenated alkanes) is 2. The number of rotatable bonds is 10. The number of imidazole rings is 1. The summed E-state index contributed by atoms with van der Waals surface area (Å²) in [5.74, 6) is 1.73. The van der Waals surface area contributed by atoms with Crippen molar-refractivity contribution in [1.29, 1.82) is 0 Å². The number of fused-ring (bicyclic) bond motifs is 1. The fourth-order valence-electron chi connectivity index (χ4n) is 3.96. The van der Waals surface area contributed by atoms with Gasteiger partial charge in [-0.15, -0.1) is 0 Å². The third-order valence-electron chi connectivity index (χ3n) is 5.66. The van der Waals surface area contributed by atoms with Gasteiger partial charge in [0, 0.05) is 29.5 Å². The topological polar surface area (TPSA) is 56.1 Å². The van der Waals surface area contributed by atoms with Gasteiger partial charge in [0.25, 0.3) is 5.91 Å². The normalized spacial score (nSPS) is 11.0. The van der Waals surface area contributed by atoms with E-state index in [1.807, 2.05) is 24.3 Å².